The highest BCUT2D eigenvalue weighted by molar-refractivity contribution is 5.14. The maximum atomic E-state index is 10.3. The number of hydrogen-bond donors (Lipinski definition) is 1. The molecule has 0 heterocycles. The molecule has 1 aliphatic rings. The van der Waals surface area contributed by atoms with Crippen LogP contribution in [0.1, 0.15) is 51.5 Å². The van der Waals surface area contributed by atoms with Gasteiger partial charge in [-0.15, -0.1) is 0 Å². The highest BCUT2D eigenvalue weighted by Gasteiger charge is 2.24. The monoisotopic (exact) mass is 275 g/mol. The highest BCUT2D eigenvalue weighted by atomic mass is 16.3. The van der Waals surface area contributed by atoms with E-state index in [4.69, 9.17) is 0 Å². The van der Waals surface area contributed by atoms with Gasteiger partial charge in [0.15, 0.2) is 0 Å². The Morgan fingerprint density at radius 2 is 1.80 bits per heavy atom. The lowest BCUT2D eigenvalue weighted by Gasteiger charge is -2.32. The summed E-state index contributed by atoms with van der Waals surface area (Å²) in [5.74, 6) is 0.448. The van der Waals surface area contributed by atoms with Gasteiger partial charge in [-0.25, -0.2) is 0 Å². The Balaban J connectivity index is 1.97. The van der Waals surface area contributed by atoms with Crippen LogP contribution in [-0.2, 0) is 6.54 Å². The van der Waals surface area contributed by atoms with Gasteiger partial charge in [-0.2, -0.15) is 0 Å². The summed E-state index contributed by atoms with van der Waals surface area (Å²) in [6, 6.07) is 11.2. The van der Waals surface area contributed by atoms with Crippen molar-refractivity contribution in [3.63, 3.8) is 0 Å². The molecule has 2 nitrogen and oxygen atoms in total. The van der Waals surface area contributed by atoms with E-state index in [9.17, 15) is 5.11 Å². The van der Waals surface area contributed by atoms with E-state index in [1.807, 2.05) is 0 Å². The third-order valence-electron chi connectivity index (χ3n) is 4.55. The molecule has 0 aliphatic heterocycles. The van der Waals surface area contributed by atoms with E-state index < -0.39 is 0 Å². The Bertz CT molecular complexity index is 376. The summed E-state index contributed by atoms with van der Waals surface area (Å²) in [6.07, 6.45) is 5.82. The molecule has 2 rings (SSSR count). The minimum atomic E-state index is -0.102. The Kier molecular flexibility index (Phi) is 6.06. The van der Waals surface area contributed by atoms with Crippen molar-refractivity contribution in [3.05, 3.63) is 35.9 Å². The fourth-order valence-corrected chi connectivity index (χ4v) is 3.15. The summed E-state index contributed by atoms with van der Waals surface area (Å²) < 4.78 is 0. The molecule has 1 aliphatic carbocycles. The van der Waals surface area contributed by atoms with Crippen LogP contribution in [0.2, 0.25) is 0 Å². The van der Waals surface area contributed by atoms with Crippen LogP contribution in [0.3, 0.4) is 0 Å². The molecular weight excluding hydrogens is 246 g/mol. The van der Waals surface area contributed by atoms with Crippen LogP contribution >= 0.6 is 0 Å². The van der Waals surface area contributed by atoms with Crippen LogP contribution in [0, 0.1) is 5.92 Å². The number of hydrogen-bond acceptors (Lipinski definition) is 2. The van der Waals surface area contributed by atoms with Gasteiger partial charge in [-0.3, -0.25) is 4.90 Å². The van der Waals surface area contributed by atoms with Crippen molar-refractivity contribution in [1.29, 1.82) is 0 Å². The molecule has 0 spiro atoms. The lowest BCUT2D eigenvalue weighted by Crippen LogP contribution is -2.38. The van der Waals surface area contributed by atoms with E-state index in [-0.39, 0.29) is 6.10 Å². The minimum absolute atomic E-state index is 0.102. The van der Waals surface area contributed by atoms with Gasteiger partial charge >= 0.3 is 0 Å². The minimum Gasteiger partial charge on any atom is -0.393 e. The van der Waals surface area contributed by atoms with Gasteiger partial charge in [0.05, 0.1) is 6.10 Å². The van der Waals surface area contributed by atoms with E-state index >= 15 is 0 Å². The van der Waals surface area contributed by atoms with Crippen molar-refractivity contribution in [1.82, 2.24) is 4.90 Å². The Morgan fingerprint density at radius 1 is 1.10 bits per heavy atom. The molecule has 112 valence electrons. The summed E-state index contributed by atoms with van der Waals surface area (Å²) in [7, 11) is 0. The molecule has 1 aromatic carbocycles. The fourth-order valence-electron chi connectivity index (χ4n) is 3.15. The summed E-state index contributed by atoms with van der Waals surface area (Å²) in [6.45, 7) is 6.52. The van der Waals surface area contributed by atoms with Gasteiger partial charge in [0.25, 0.3) is 0 Å². The van der Waals surface area contributed by atoms with Crippen LogP contribution in [0.5, 0.6) is 0 Å². The molecule has 0 aromatic heterocycles. The number of nitrogens with zero attached hydrogens (tertiary/aromatic N) is 1. The van der Waals surface area contributed by atoms with Gasteiger partial charge in [0.1, 0.15) is 0 Å². The summed E-state index contributed by atoms with van der Waals surface area (Å²) in [5.41, 5.74) is 1.37. The van der Waals surface area contributed by atoms with E-state index in [0.29, 0.717) is 12.0 Å². The predicted octanol–water partition coefficient (Wildman–Crippen LogP) is 3.84. The second kappa shape index (κ2) is 7.80. The van der Waals surface area contributed by atoms with Gasteiger partial charge in [-0.1, -0.05) is 49.6 Å². The zero-order valence-electron chi connectivity index (χ0n) is 13.0. The van der Waals surface area contributed by atoms with Gasteiger partial charge < -0.3 is 5.11 Å². The Labute approximate surface area is 123 Å². The second-order valence-electron chi connectivity index (χ2n) is 6.47. The molecule has 0 radical (unpaired) electrons. The quantitative estimate of drug-likeness (QED) is 0.825. The first-order chi connectivity index (χ1) is 9.66. The normalized spacial score (nSPS) is 24.1. The number of benzene rings is 1. The largest absolute Gasteiger partial charge is 0.393 e. The number of aliphatic hydroxyl groups excluding tert-OH is 1. The van der Waals surface area contributed by atoms with Crippen molar-refractivity contribution >= 4 is 0 Å². The number of rotatable bonds is 5. The van der Waals surface area contributed by atoms with Crippen LogP contribution in [0.25, 0.3) is 0 Å². The average Bonchev–Trinajstić information content (AvgIpc) is 2.64. The van der Waals surface area contributed by atoms with Crippen molar-refractivity contribution in [3.8, 4) is 0 Å². The lowest BCUT2D eigenvalue weighted by atomic mass is 9.96. The first-order valence-electron chi connectivity index (χ1n) is 8.13. The maximum Gasteiger partial charge on any atom is 0.0580 e. The van der Waals surface area contributed by atoms with E-state index in [2.05, 4.69) is 49.1 Å². The molecular formula is C18H29NO. The molecule has 2 unspecified atom stereocenters. The average molecular weight is 275 g/mol. The van der Waals surface area contributed by atoms with Crippen LogP contribution in [0.15, 0.2) is 30.3 Å². The molecule has 1 aromatic rings. The molecule has 20 heavy (non-hydrogen) atoms. The summed E-state index contributed by atoms with van der Waals surface area (Å²) >= 11 is 0. The first-order valence-corrected chi connectivity index (χ1v) is 8.13. The molecule has 1 fully saturated rings. The third-order valence-corrected chi connectivity index (χ3v) is 4.55. The predicted molar refractivity (Wildman–Crippen MR) is 84.6 cm³/mol. The summed E-state index contributed by atoms with van der Waals surface area (Å²) in [5, 5.41) is 10.3. The summed E-state index contributed by atoms with van der Waals surface area (Å²) in [4.78, 5) is 2.51. The lowest BCUT2D eigenvalue weighted by molar-refractivity contribution is 0.0620. The molecule has 1 N–H and O–H groups in total. The van der Waals surface area contributed by atoms with Crippen molar-refractivity contribution < 1.29 is 5.11 Å². The van der Waals surface area contributed by atoms with Crippen molar-refractivity contribution in [2.45, 2.75) is 64.6 Å². The third kappa shape index (κ3) is 4.60. The Morgan fingerprint density at radius 3 is 2.50 bits per heavy atom. The fraction of sp³-hybridized carbons (Fsp3) is 0.667. The molecule has 0 saturated heterocycles. The SMILES string of the molecule is CC(C)N(Cc1ccccc1)CC1CCCCCC1O. The van der Waals surface area contributed by atoms with Crippen LogP contribution in [-0.4, -0.2) is 28.7 Å². The number of aliphatic hydroxyl groups is 1. The van der Waals surface area contributed by atoms with E-state index in [1.165, 1.54) is 31.2 Å². The van der Waals surface area contributed by atoms with Gasteiger partial charge in [0, 0.05) is 19.1 Å². The molecule has 2 atom stereocenters. The molecule has 1 saturated carbocycles. The zero-order valence-corrected chi connectivity index (χ0v) is 13.0. The zero-order chi connectivity index (χ0) is 14.4. The molecule has 0 amide bonds. The molecule has 0 bridgehead atoms. The van der Waals surface area contributed by atoms with Crippen LogP contribution < -0.4 is 0 Å². The van der Waals surface area contributed by atoms with Gasteiger partial charge in [-0.05, 0) is 38.2 Å². The Hall–Kier alpha value is -0.860. The topological polar surface area (TPSA) is 23.5 Å². The van der Waals surface area contributed by atoms with Crippen LogP contribution in [0.4, 0.5) is 0 Å². The molecule has 2 heteroatoms. The van der Waals surface area contributed by atoms with Crippen molar-refractivity contribution in [2.24, 2.45) is 5.92 Å². The standard InChI is InChI=1S/C18H29NO/c1-15(2)19(13-16-9-5-3-6-10-16)14-17-11-7-4-8-12-18(17)20/h3,5-6,9-10,15,17-18,20H,4,7-8,11-14H2,1-2H3. The first kappa shape index (κ1) is 15.5. The van der Waals surface area contributed by atoms with E-state index in [1.54, 1.807) is 0 Å². The smallest absolute Gasteiger partial charge is 0.0580 e. The van der Waals surface area contributed by atoms with E-state index in [0.717, 1.165) is 19.5 Å². The maximum absolute atomic E-state index is 10.3. The second-order valence-corrected chi connectivity index (χ2v) is 6.47. The van der Waals surface area contributed by atoms with Gasteiger partial charge in [0.2, 0.25) is 0 Å². The van der Waals surface area contributed by atoms with Crippen molar-refractivity contribution in [2.75, 3.05) is 6.54 Å². The highest BCUT2D eigenvalue weighted by Crippen LogP contribution is 2.25.